The first-order valence-electron chi connectivity index (χ1n) is 27.8. The minimum absolute atomic E-state index is 0.0476. The first-order chi connectivity index (χ1) is 35.6. The number of carbonyl (C=O) groups excluding carboxylic acids is 4. The van der Waals surface area contributed by atoms with Crippen molar-refractivity contribution in [1.82, 2.24) is 35.4 Å². The number of carbonyl (C=O) groups is 4. The fourth-order valence-electron chi connectivity index (χ4n) is 13.8. The number of nitrogens with one attached hydrogen (secondary N) is 3. The van der Waals surface area contributed by atoms with E-state index in [1.165, 1.54) is 23.9 Å². The third-order valence-corrected chi connectivity index (χ3v) is 18.0. The van der Waals surface area contributed by atoms with Gasteiger partial charge in [-0.1, -0.05) is 44.9 Å². The van der Waals surface area contributed by atoms with Gasteiger partial charge in [0.2, 0.25) is 11.8 Å². The molecule has 398 valence electrons. The molecular formula is C58H76F2N8O6. The quantitative estimate of drug-likeness (QED) is 0.129. The van der Waals surface area contributed by atoms with E-state index >= 15 is 18.4 Å². The Labute approximate surface area is 434 Å². The highest BCUT2D eigenvalue weighted by Crippen LogP contribution is 2.46. The summed E-state index contributed by atoms with van der Waals surface area (Å²) < 4.78 is 44.7. The maximum absolute atomic E-state index is 15.2. The molecule has 3 N–H and O–H groups in total. The van der Waals surface area contributed by atoms with Crippen molar-refractivity contribution in [3.05, 3.63) is 64.5 Å². The Hall–Kier alpha value is -5.03. The molecule has 7 atom stereocenters. The van der Waals surface area contributed by atoms with Crippen LogP contribution in [0.1, 0.15) is 134 Å². The summed E-state index contributed by atoms with van der Waals surface area (Å²) in [6, 6.07) is 8.86. The van der Waals surface area contributed by atoms with E-state index in [2.05, 4.69) is 58.4 Å². The molecule has 1 spiro atoms. The van der Waals surface area contributed by atoms with Gasteiger partial charge in [-0.3, -0.25) is 39.4 Å². The minimum atomic E-state index is -2.80. The zero-order valence-electron chi connectivity index (χ0n) is 44.0. The Morgan fingerprint density at radius 1 is 0.973 bits per heavy atom. The Balaban J connectivity index is 0.953. The van der Waals surface area contributed by atoms with Gasteiger partial charge in [-0.15, -0.1) is 0 Å². The Bertz CT molecular complexity index is 2740. The molecule has 2 aromatic carbocycles. The average Bonchev–Trinajstić information content (AvgIpc) is 4.21. The number of ether oxygens (including phenoxy) is 2. The van der Waals surface area contributed by atoms with Crippen molar-refractivity contribution in [3.8, 4) is 11.1 Å². The number of allylic oxidation sites excluding steroid dienone is 1. The fourth-order valence-corrected chi connectivity index (χ4v) is 13.8. The molecule has 6 bridgehead atoms. The molecule has 6 fully saturated rings. The number of rotatable bonds is 11. The highest BCUT2D eigenvalue weighted by atomic mass is 19.3. The highest BCUT2D eigenvalue weighted by molar-refractivity contribution is 5.95. The summed E-state index contributed by atoms with van der Waals surface area (Å²) in [5, 5.41) is 9.10. The molecule has 2 saturated carbocycles. The number of halogens is 2. The predicted molar refractivity (Wildman–Crippen MR) is 280 cm³/mol. The van der Waals surface area contributed by atoms with Crippen molar-refractivity contribution < 1.29 is 37.4 Å². The third-order valence-electron chi connectivity index (χ3n) is 18.0. The van der Waals surface area contributed by atoms with E-state index in [0.29, 0.717) is 75.1 Å². The summed E-state index contributed by atoms with van der Waals surface area (Å²) in [5.41, 5.74) is 9.28. The van der Waals surface area contributed by atoms with Gasteiger partial charge >= 0.3 is 5.97 Å². The van der Waals surface area contributed by atoms with Gasteiger partial charge in [0.25, 0.3) is 12.3 Å². The predicted octanol–water partition coefficient (Wildman–Crippen LogP) is 7.76. The van der Waals surface area contributed by atoms with E-state index in [-0.39, 0.29) is 53.9 Å². The molecule has 6 aliphatic heterocycles. The maximum Gasteiger partial charge on any atom is 0.324 e. The average molecular weight is 1020 g/mol. The van der Waals surface area contributed by atoms with Crippen LogP contribution in [-0.4, -0.2) is 132 Å². The lowest BCUT2D eigenvalue weighted by molar-refractivity contribution is -0.155. The highest BCUT2D eigenvalue weighted by Gasteiger charge is 2.55. The molecule has 2 aliphatic carbocycles. The first kappa shape index (κ1) is 51.1. The van der Waals surface area contributed by atoms with Gasteiger partial charge in [0, 0.05) is 91.4 Å². The van der Waals surface area contributed by atoms with Crippen molar-refractivity contribution >= 4 is 46.4 Å². The lowest BCUT2D eigenvalue weighted by Gasteiger charge is -2.37. The number of aliphatic imine (C=N–C) groups is 1. The normalized spacial score (nSPS) is 28.6. The minimum Gasteiger partial charge on any atom is -0.464 e. The van der Waals surface area contributed by atoms with Crippen LogP contribution in [0, 0.1) is 22.7 Å². The van der Waals surface area contributed by atoms with Gasteiger partial charge in [-0.05, 0) is 143 Å². The smallest absolute Gasteiger partial charge is 0.324 e. The van der Waals surface area contributed by atoms with Gasteiger partial charge in [-0.25, -0.2) is 14.2 Å². The van der Waals surface area contributed by atoms with Gasteiger partial charge in [0.15, 0.2) is 0 Å². The second-order valence-electron chi connectivity index (χ2n) is 23.9. The number of hydrogen-bond acceptors (Lipinski definition) is 10. The first-order valence-corrected chi connectivity index (χ1v) is 27.8. The molecule has 3 aromatic rings. The van der Waals surface area contributed by atoms with Crippen LogP contribution in [0.3, 0.4) is 0 Å². The van der Waals surface area contributed by atoms with E-state index < -0.39 is 41.8 Å². The summed E-state index contributed by atoms with van der Waals surface area (Å²) in [5.74, 6) is -0.216. The van der Waals surface area contributed by atoms with Crippen LogP contribution < -0.4 is 16.1 Å². The van der Waals surface area contributed by atoms with Gasteiger partial charge < -0.3 is 24.3 Å². The number of nitrogens with zero attached hydrogens (tertiary/aromatic N) is 5. The monoisotopic (exact) mass is 1020 g/mol. The van der Waals surface area contributed by atoms with Gasteiger partial charge in [-0.2, -0.15) is 0 Å². The molecule has 16 heteroatoms. The number of fused-ring (bicyclic) bond motifs is 6. The zero-order chi connectivity index (χ0) is 51.6. The van der Waals surface area contributed by atoms with E-state index in [0.717, 1.165) is 96.9 Å². The number of hydrazine groups is 1. The largest absolute Gasteiger partial charge is 0.464 e. The molecule has 74 heavy (non-hydrogen) atoms. The second kappa shape index (κ2) is 20.5. The number of cyclic esters (lactones) is 1. The van der Waals surface area contributed by atoms with Crippen LogP contribution in [0.5, 0.6) is 0 Å². The lowest BCUT2D eigenvalue weighted by atomic mass is 9.83. The molecule has 14 nitrogen and oxygen atoms in total. The van der Waals surface area contributed by atoms with Crippen molar-refractivity contribution in [1.29, 1.82) is 0 Å². The van der Waals surface area contributed by atoms with Crippen molar-refractivity contribution in [2.75, 3.05) is 46.4 Å². The van der Waals surface area contributed by atoms with Crippen molar-refractivity contribution in [3.63, 3.8) is 0 Å². The molecule has 4 saturated heterocycles. The Morgan fingerprint density at radius 2 is 1.77 bits per heavy atom. The van der Waals surface area contributed by atoms with Gasteiger partial charge in [0.05, 0.1) is 30.1 Å². The SMILES string of the molecule is CCn1c(C2=C([C@H](C)OC)N=CCC2)c2c3cc(ccc31)-c1cc(cc(C(F)F)c1)C[C@H](NC(=O)[C@H](C1CCCC1)N1CC[C@]3(CCN(C(=O)[C@@H]4N[C@@H]4C4CC4)C3)C1)C(=O)N1CCC[C@H](N1)C(=O)OCC(C)(C)C2. The summed E-state index contributed by atoms with van der Waals surface area (Å²) in [6.07, 6.45) is 9.87. The Morgan fingerprint density at radius 3 is 2.53 bits per heavy atom. The van der Waals surface area contributed by atoms with Crippen LogP contribution in [0.25, 0.3) is 27.6 Å². The van der Waals surface area contributed by atoms with E-state index in [1.54, 1.807) is 13.2 Å². The number of methoxy groups -OCH3 is 1. The molecule has 11 rings (SSSR count). The van der Waals surface area contributed by atoms with Crippen LogP contribution in [-0.2, 0) is 48.0 Å². The summed E-state index contributed by atoms with van der Waals surface area (Å²) in [6.45, 7) is 12.2. The fraction of sp³-hybridized carbons (Fsp3) is 0.638. The van der Waals surface area contributed by atoms with Crippen LogP contribution >= 0.6 is 0 Å². The molecule has 1 aromatic heterocycles. The summed E-state index contributed by atoms with van der Waals surface area (Å²) >= 11 is 0. The molecule has 8 aliphatic rings. The summed E-state index contributed by atoms with van der Waals surface area (Å²) in [4.78, 5) is 67.3. The standard InChI is InChI=1S/C58H76F2N8O6/c1-6-67-46-18-17-38-29-42(46)43(51(67)41-13-9-21-61-47(41)34(2)73-5)30-57(3,4)33-74-56(72)44-14-10-22-68(64-44)54(70)45(27-35-25-39(38)28-40(26-35)52(59)60)62-53(69)50(37-11-7-8-12-37)65-23-19-58(31-65)20-24-66(32-58)55(71)49-48(63-49)36-15-16-36/h17-18,21,25-26,28-29,34,36-37,44-45,48-50,52,63-64H,6-16,19-20,22-24,27,30-33H2,1-5H3,(H,62,69)/t34-,44-,45-,48+,49+,50-,58-/m0/s1. The number of aromatic nitrogens is 1. The van der Waals surface area contributed by atoms with Gasteiger partial charge in [0.1, 0.15) is 18.1 Å². The third kappa shape index (κ3) is 10.1. The molecule has 0 unspecified atom stereocenters. The number of esters is 1. The van der Waals surface area contributed by atoms with Crippen LogP contribution in [0.2, 0.25) is 0 Å². The van der Waals surface area contributed by atoms with Crippen molar-refractivity contribution in [2.45, 2.75) is 167 Å². The number of aryl methyl sites for hydroxylation is 1. The Kier molecular flexibility index (Phi) is 14.1. The van der Waals surface area contributed by atoms with E-state index in [1.807, 2.05) is 30.2 Å². The summed E-state index contributed by atoms with van der Waals surface area (Å²) in [7, 11) is 1.69. The molecular weight excluding hydrogens is 943 g/mol. The van der Waals surface area contributed by atoms with E-state index in [9.17, 15) is 9.59 Å². The van der Waals surface area contributed by atoms with Crippen LogP contribution in [0.4, 0.5) is 8.78 Å². The molecule has 7 heterocycles. The van der Waals surface area contributed by atoms with Crippen LogP contribution in [0.15, 0.2) is 47.1 Å². The topological polar surface area (TPSA) is 160 Å². The van der Waals surface area contributed by atoms with Crippen molar-refractivity contribution in [2.24, 2.45) is 27.7 Å². The second-order valence-corrected chi connectivity index (χ2v) is 23.9. The number of hydrogen-bond donors (Lipinski definition) is 3. The number of amides is 3. The lowest BCUT2D eigenvalue weighted by Crippen LogP contribution is -2.62. The molecule has 3 amide bonds. The number of likely N-dealkylation sites (tertiary alicyclic amines) is 2. The number of alkyl halides is 2. The number of benzene rings is 2. The zero-order valence-corrected chi connectivity index (χ0v) is 44.0. The van der Waals surface area contributed by atoms with E-state index in [4.69, 9.17) is 14.5 Å². The molecule has 0 radical (unpaired) electrons. The maximum atomic E-state index is 15.2.